The van der Waals surface area contributed by atoms with Crippen LogP contribution in [0.1, 0.15) is 34.3 Å². The number of hydrogen-bond donors (Lipinski definition) is 1. The largest absolute Gasteiger partial charge is 0.372 e. The topological polar surface area (TPSA) is 56.1 Å². The molecule has 0 aliphatic carbocycles. The molecule has 2 aromatic carbocycles. The fourth-order valence-electron chi connectivity index (χ4n) is 2.85. The van der Waals surface area contributed by atoms with Gasteiger partial charge in [0, 0.05) is 30.0 Å². The average molecular weight is 305 g/mol. The Hall–Kier alpha value is -2.80. The van der Waals surface area contributed by atoms with Gasteiger partial charge in [-0.3, -0.25) is 4.79 Å². The zero-order valence-corrected chi connectivity index (χ0v) is 13.2. The smallest absolute Gasteiger partial charge is 0.255 e. The number of aryl methyl sites for hydroxylation is 1. The number of carbonyl (C=O) groups is 1. The van der Waals surface area contributed by atoms with Gasteiger partial charge in [-0.1, -0.05) is 0 Å². The number of anilines is 2. The molecule has 3 rings (SSSR count). The number of nitriles is 1. The lowest BCUT2D eigenvalue weighted by Gasteiger charge is -2.19. The Morgan fingerprint density at radius 3 is 2.43 bits per heavy atom. The van der Waals surface area contributed by atoms with E-state index < -0.39 is 0 Å². The molecule has 1 aliphatic rings. The summed E-state index contributed by atoms with van der Waals surface area (Å²) in [6.07, 6.45) is 2.49. The first-order valence-corrected chi connectivity index (χ1v) is 7.84. The molecule has 0 spiro atoms. The van der Waals surface area contributed by atoms with E-state index >= 15 is 0 Å². The summed E-state index contributed by atoms with van der Waals surface area (Å²) in [6.45, 7) is 4.22. The third-order valence-electron chi connectivity index (χ3n) is 4.21. The summed E-state index contributed by atoms with van der Waals surface area (Å²) in [5.74, 6) is -0.161. The van der Waals surface area contributed by atoms with Gasteiger partial charge in [0.1, 0.15) is 0 Å². The lowest BCUT2D eigenvalue weighted by molar-refractivity contribution is 0.102. The van der Waals surface area contributed by atoms with Gasteiger partial charge in [-0.15, -0.1) is 0 Å². The second kappa shape index (κ2) is 6.53. The van der Waals surface area contributed by atoms with Gasteiger partial charge in [-0.2, -0.15) is 5.26 Å². The van der Waals surface area contributed by atoms with Gasteiger partial charge in [-0.25, -0.2) is 0 Å². The van der Waals surface area contributed by atoms with E-state index in [9.17, 15) is 4.79 Å². The number of benzene rings is 2. The van der Waals surface area contributed by atoms with Crippen molar-refractivity contribution >= 4 is 17.3 Å². The van der Waals surface area contributed by atoms with Crippen molar-refractivity contribution in [3.05, 3.63) is 59.2 Å². The van der Waals surface area contributed by atoms with Crippen LogP contribution in [0.15, 0.2) is 42.5 Å². The molecule has 0 atom stereocenters. The fraction of sp³-hybridized carbons (Fsp3) is 0.263. The van der Waals surface area contributed by atoms with Gasteiger partial charge in [0.05, 0.1) is 11.6 Å². The minimum Gasteiger partial charge on any atom is -0.372 e. The number of hydrogen-bond acceptors (Lipinski definition) is 3. The van der Waals surface area contributed by atoms with Gasteiger partial charge in [0.15, 0.2) is 0 Å². The first-order valence-electron chi connectivity index (χ1n) is 7.84. The van der Waals surface area contributed by atoms with Gasteiger partial charge in [0.2, 0.25) is 0 Å². The third kappa shape index (κ3) is 3.35. The van der Waals surface area contributed by atoms with E-state index in [4.69, 9.17) is 5.26 Å². The standard InChI is InChI=1S/C19H19N3O/c1-14-12-17(22-10-2-3-11-22)8-9-18(14)21-19(23)16-6-4-15(13-20)5-7-16/h4-9,12H,2-3,10-11H2,1H3,(H,21,23). The molecule has 0 unspecified atom stereocenters. The Kier molecular flexibility index (Phi) is 4.29. The SMILES string of the molecule is Cc1cc(N2CCCC2)ccc1NC(=O)c1ccc(C#N)cc1. The van der Waals surface area contributed by atoms with Crippen molar-refractivity contribution in [2.24, 2.45) is 0 Å². The molecule has 0 aromatic heterocycles. The maximum atomic E-state index is 12.3. The number of nitrogens with zero attached hydrogens (tertiary/aromatic N) is 2. The van der Waals surface area contributed by atoms with Crippen molar-refractivity contribution in [1.82, 2.24) is 0 Å². The van der Waals surface area contributed by atoms with Gasteiger partial charge < -0.3 is 10.2 Å². The van der Waals surface area contributed by atoms with Crippen molar-refractivity contribution in [2.75, 3.05) is 23.3 Å². The molecule has 0 saturated carbocycles. The van der Waals surface area contributed by atoms with E-state index in [1.54, 1.807) is 24.3 Å². The van der Waals surface area contributed by atoms with Crippen LogP contribution < -0.4 is 10.2 Å². The molecular weight excluding hydrogens is 286 g/mol. The highest BCUT2D eigenvalue weighted by Crippen LogP contribution is 2.25. The van der Waals surface area contributed by atoms with Crippen LogP contribution in [0.25, 0.3) is 0 Å². The van der Waals surface area contributed by atoms with E-state index in [1.807, 2.05) is 19.1 Å². The number of rotatable bonds is 3. The molecule has 4 heteroatoms. The summed E-state index contributed by atoms with van der Waals surface area (Å²) in [5.41, 5.74) is 4.19. The second-order valence-electron chi connectivity index (χ2n) is 5.84. The first-order chi connectivity index (χ1) is 11.2. The lowest BCUT2D eigenvalue weighted by Crippen LogP contribution is -2.18. The minimum atomic E-state index is -0.161. The molecule has 116 valence electrons. The molecule has 1 amide bonds. The van der Waals surface area contributed by atoms with Crippen LogP contribution >= 0.6 is 0 Å². The lowest BCUT2D eigenvalue weighted by atomic mass is 10.1. The van der Waals surface area contributed by atoms with Gasteiger partial charge >= 0.3 is 0 Å². The molecule has 1 N–H and O–H groups in total. The Bertz CT molecular complexity index is 753. The van der Waals surface area contributed by atoms with Gasteiger partial charge in [0.25, 0.3) is 5.91 Å². The van der Waals surface area contributed by atoms with Crippen LogP contribution in [0.4, 0.5) is 11.4 Å². The monoisotopic (exact) mass is 305 g/mol. The molecule has 1 saturated heterocycles. The van der Waals surface area contributed by atoms with E-state index in [2.05, 4.69) is 22.3 Å². The van der Waals surface area contributed by atoms with Crippen LogP contribution in [0.5, 0.6) is 0 Å². The van der Waals surface area contributed by atoms with Crippen LogP contribution in [0, 0.1) is 18.3 Å². The maximum Gasteiger partial charge on any atom is 0.255 e. The molecule has 1 fully saturated rings. The van der Waals surface area contributed by atoms with Gasteiger partial charge in [-0.05, 0) is 67.8 Å². The molecule has 2 aromatic rings. The summed E-state index contributed by atoms with van der Waals surface area (Å²) in [4.78, 5) is 14.7. The summed E-state index contributed by atoms with van der Waals surface area (Å²) in [7, 11) is 0. The first kappa shape index (κ1) is 15.1. The van der Waals surface area contributed by atoms with Crippen molar-refractivity contribution in [3.63, 3.8) is 0 Å². The van der Waals surface area contributed by atoms with Crippen LogP contribution in [0.2, 0.25) is 0 Å². The normalized spacial score (nSPS) is 13.7. The maximum absolute atomic E-state index is 12.3. The van der Waals surface area contributed by atoms with E-state index in [0.29, 0.717) is 11.1 Å². The predicted molar refractivity (Wildman–Crippen MR) is 91.7 cm³/mol. The Balaban J connectivity index is 1.74. The zero-order chi connectivity index (χ0) is 16.2. The Labute approximate surface area is 136 Å². The van der Waals surface area contributed by atoms with Crippen LogP contribution in [-0.2, 0) is 0 Å². The zero-order valence-electron chi connectivity index (χ0n) is 13.2. The molecule has 1 aliphatic heterocycles. The van der Waals surface area contributed by atoms with Crippen LogP contribution in [-0.4, -0.2) is 19.0 Å². The average Bonchev–Trinajstić information content (AvgIpc) is 3.11. The second-order valence-corrected chi connectivity index (χ2v) is 5.84. The number of amides is 1. The molecular formula is C19H19N3O. The molecule has 4 nitrogen and oxygen atoms in total. The quantitative estimate of drug-likeness (QED) is 0.940. The summed E-state index contributed by atoms with van der Waals surface area (Å²) in [5, 5.41) is 11.7. The van der Waals surface area contributed by atoms with E-state index in [0.717, 1.165) is 24.3 Å². The summed E-state index contributed by atoms with van der Waals surface area (Å²) >= 11 is 0. The highest BCUT2D eigenvalue weighted by molar-refractivity contribution is 6.04. The molecule has 0 bridgehead atoms. The molecule has 0 radical (unpaired) electrons. The summed E-state index contributed by atoms with van der Waals surface area (Å²) < 4.78 is 0. The molecule has 1 heterocycles. The fourth-order valence-corrected chi connectivity index (χ4v) is 2.85. The van der Waals surface area contributed by atoms with Crippen molar-refractivity contribution in [1.29, 1.82) is 5.26 Å². The Morgan fingerprint density at radius 1 is 1.13 bits per heavy atom. The molecule has 23 heavy (non-hydrogen) atoms. The number of nitrogens with one attached hydrogen (secondary N) is 1. The highest BCUT2D eigenvalue weighted by Gasteiger charge is 2.14. The van der Waals surface area contributed by atoms with Crippen LogP contribution in [0.3, 0.4) is 0 Å². The highest BCUT2D eigenvalue weighted by atomic mass is 16.1. The number of carbonyl (C=O) groups excluding carboxylic acids is 1. The van der Waals surface area contributed by atoms with Crippen molar-refractivity contribution < 1.29 is 4.79 Å². The minimum absolute atomic E-state index is 0.161. The van der Waals surface area contributed by atoms with Crippen molar-refractivity contribution in [3.8, 4) is 6.07 Å². The van der Waals surface area contributed by atoms with E-state index in [-0.39, 0.29) is 5.91 Å². The Morgan fingerprint density at radius 2 is 1.83 bits per heavy atom. The summed E-state index contributed by atoms with van der Waals surface area (Å²) in [6, 6.07) is 14.8. The third-order valence-corrected chi connectivity index (χ3v) is 4.21. The van der Waals surface area contributed by atoms with Crippen molar-refractivity contribution in [2.45, 2.75) is 19.8 Å². The van der Waals surface area contributed by atoms with E-state index in [1.165, 1.54) is 18.5 Å². The predicted octanol–water partition coefficient (Wildman–Crippen LogP) is 3.72.